The normalized spacial score (nSPS) is 15.2. The molecule has 48 valence electrons. The van der Waals surface area contributed by atoms with Crippen LogP contribution in [0.25, 0.3) is 0 Å². The molecule has 0 heterocycles. The van der Waals surface area contributed by atoms with Gasteiger partial charge in [-0.1, -0.05) is 31.2 Å². The van der Waals surface area contributed by atoms with Crippen molar-refractivity contribution in [2.45, 2.75) is 6.42 Å². The van der Waals surface area contributed by atoms with E-state index < -0.39 is 0 Å². The van der Waals surface area contributed by atoms with Gasteiger partial charge in [-0.2, -0.15) is 0 Å². The molecule has 1 aliphatic carbocycles. The van der Waals surface area contributed by atoms with Gasteiger partial charge >= 0.3 is 32.0 Å². The SMILES string of the molecule is [CH2]CC1C=CC=C1.[Cl][Zr]. The van der Waals surface area contributed by atoms with Crippen molar-refractivity contribution in [1.29, 1.82) is 0 Å². The number of hydrogen-bond acceptors (Lipinski definition) is 0. The summed E-state index contributed by atoms with van der Waals surface area (Å²) in [4.78, 5) is 0. The summed E-state index contributed by atoms with van der Waals surface area (Å²) in [6.07, 6.45) is 9.44. The zero-order chi connectivity index (χ0) is 7.11. The van der Waals surface area contributed by atoms with Crippen LogP contribution < -0.4 is 0 Å². The molecule has 0 atom stereocenters. The quantitative estimate of drug-likeness (QED) is 0.636. The third-order valence-electron chi connectivity index (χ3n) is 1.16. The minimum atomic E-state index is 0.625. The fourth-order valence-electron chi connectivity index (χ4n) is 0.670. The standard InChI is InChI=1S/C7H9.ClH.Zr/c1-2-7-5-3-4-6-7;;/h3-7H,1-2H2;1H;/q;;+1/p-1. The van der Waals surface area contributed by atoms with Gasteiger partial charge in [0.1, 0.15) is 0 Å². The van der Waals surface area contributed by atoms with E-state index in [1.807, 2.05) is 0 Å². The Morgan fingerprint density at radius 1 is 1.33 bits per heavy atom. The van der Waals surface area contributed by atoms with E-state index >= 15 is 0 Å². The molecular weight excluding hydrogens is 211 g/mol. The van der Waals surface area contributed by atoms with Gasteiger partial charge in [0, 0.05) is 0 Å². The van der Waals surface area contributed by atoms with Crippen LogP contribution in [0.1, 0.15) is 6.42 Å². The first-order valence-corrected chi connectivity index (χ1v) is 5.93. The van der Waals surface area contributed by atoms with Gasteiger partial charge < -0.3 is 0 Å². The average molecular weight is 220 g/mol. The van der Waals surface area contributed by atoms with Crippen LogP contribution in [0.2, 0.25) is 0 Å². The van der Waals surface area contributed by atoms with Crippen LogP contribution in [0.15, 0.2) is 24.3 Å². The molecule has 1 radical (unpaired) electrons. The molecule has 0 amide bonds. The maximum atomic E-state index is 4.73. The molecule has 0 nitrogen and oxygen atoms in total. The monoisotopic (exact) mass is 218 g/mol. The van der Waals surface area contributed by atoms with Crippen molar-refractivity contribution in [1.82, 2.24) is 0 Å². The van der Waals surface area contributed by atoms with E-state index in [0.29, 0.717) is 5.92 Å². The fourth-order valence-corrected chi connectivity index (χ4v) is 0.670. The molecule has 9 heavy (non-hydrogen) atoms. The summed E-state index contributed by atoms with van der Waals surface area (Å²) in [6, 6.07) is 0. The topological polar surface area (TPSA) is 0 Å². The molecule has 0 saturated heterocycles. The molecule has 0 spiro atoms. The van der Waals surface area contributed by atoms with Gasteiger partial charge in [-0.3, -0.25) is 0 Å². The van der Waals surface area contributed by atoms with Crippen LogP contribution in [0, 0.1) is 12.8 Å². The first-order chi connectivity index (χ1) is 4.43. The second-order valence-corrected chi connectivity index (χ2v) is 1.72. The summed E-state index contributed by atoms with van der Waals surface area (Å²) in [5, 5.41) is 0. The van der Waals surface area contributed by atoms with Crippen LogP contribution in [-0.4, -0.2) is 0 Å². The zero-order valence-corrected chi connectivity index (χ0v) is 8.39. The zero-order valence-electron chi connectivity index (χ0n) is 5.18. The summed E-state index contributed by atoms with van der Waals surface area (Å²) >= 11 is 1.02. The number of halogens is 1. The second kappa shape index (κ2) is 6.77. The Kier molecular flexibility index (Phi) is 7.26. The molecular formula is C7H9ClZr. The summed E-state index contributed by atoms with van der Waals surface area (Å²) < 4.78 is 0. The van der Waals surface area contributed by atoms with Gasteiger partial charge in [-0.15, -0.1) is 0 Å². The Hall–Kier alpha value is 0.653. The van der Waals surface area contributed by atoms with E-state index in [1.54, 1.807) is 0 Å². The molecule has 0 aromatic rings. The molecule has 0 unspecified atom stereocenters. The minimum absolute atomic E-state index is 0.625. The Balaban J connectivity index is 0.000000291. The predicted octanol–water partition coefficient (Wildman–Crippen LogP) is 2.64. The predicted molar refractivity (Wildman–Crippen MR) is 37.6 cm³/mol. The van der Waals surface area contributed by atoms with Gasteiger partial charge in [0.2, 0.25) is 0 Å². The summed E-state index contributed by atoms with van der Waals surface area (Å²) in [6.45, 7) is 3.77. The molecule has 0 N–H and O–H groups in total. The van der Waals surface area contributed by atoms with E-state index in [2.05, 4.69) is 31.2 Å². The fraction of sp³-hybridized carbons (Fsp3) is 0.286. The van der Waals surface area contributed by atoms with E-state index in [4.69, 9.17) is 8.51 Å². The molecule has 1 aliphatic rings. The molecule has 0 saturated carbocycles. The van der Waals surface area contributed by atoms with Crippen molar-refractivity contribution in [2.24, 2.45) is 5.92 Å². The van der Waals surface area contributed by atoms with Gasteiger partial charge in [-0.05, 0) is 12.3 Å². The van der Waals surface area contributed by atoms with Gasteiger partial charge in [0.05, 0.1) is 0 Å². The van der Waals surface area contributed by atoms with Crippen LogP contribution in [0.5, 0.6) is 0 Å². The third kappa shape index (κ3) is 4.11. The summed E-state index contributed by atoms with van der Waals surface area (Å²) in [5.41, 5.74) is 0. The van der Waals surface area contributed by atoms with Crippen LogP contribution >= 0.6 is 8.51 Å². The summed E-state index contributed by atoms with van der Waals surface area (Å²) in [5.74, 6) is 0.625. The Morgan fingerprint density at radius 2 is 1.78 bits per heavy atom. The van der Waals surface area contributed by atoms with Crippen LogP contribution in [-0.2, 0) is 23.5 Å². The van der Waals surface area contributed by atoms with Crippen LogP contribution in [0.4, 0.5) is 0 Å². The molecule has 0 aliphatic heterocycles. The molecule has 2 heteroatoms. The van der Waals surface area contributed by atoms with Crippen molar-refractivity contribution in [2.75, 3.05) is 0 Å². The van der Waals surface area contributed by atoms with E-state index in [-0.39, 0.29) is 0 Å². The van der Waals surface area contributed by atoms with E-state index in [1.165, 1.54) is 0 Å². The Labute approximate surface area is 75.4 Å². The van der Waals surface area contributed by atoms with Gasteiger partial charge in [0.15, 0.2) is 0 Å². The van der Waals surface area contributed by atoms with Crippen LogP contribution in [0.3, 0.4) is 0 Å². The average Bonchev–Trinajstić information content (AvgIpc) is 2.43. The Bertz CT molecular complexity index is 95.5. The van der Waals surface area contributed by atoms with Crippen molar-refractivity contribution in [3.63, 3.8) is 0 Å². The van der Waals surface area contributed by atoms with Gasteiger partial charge in [0.25, 0.3) is 0 Å². The molecule has 0 aromatic heterocycles. The molecule has 0 bridgehead atoms. The van der Waals surface area contributed by atoms with Crippen molar-refractivity contribution in [3.8, 4) is 0 Å². The van der Waals surface area contributed by atoms with Crippen molar-refractivity contribution in [3.05, 3.63) is 31.2 Å². The van der Waals surface area contributed by atoms with Gasteiger partial charge in [-0.25, -0.2) is 0 Å². The van der Waals surface area contributed by atoms with Crippen molar-refractivity contribution < 1.29 is 23.5 Å². The van der Waals surface area contributed by atoms with E-state index in [0.717, 1.165) is 29.9 Å². The first-order valence-electron chi connectivity index (χ1n) is 2.76. The number of allylic oxidation sites excluding steroid dienone is 4. The Morgan fingerprint density at radius 3 is 2.00 bits per heavy atom. The molecule has 0 aromatic carbocycles. The first kappa shape index (κ1) is 9.65. The number of hydrogen-bond donors (Lipinski definition) is 0. The second-order valence-electron chi connectivity index (χ2n) is 1.72. The van der Waals surface area contributed by atoms with E-state index in [9.17, 15) is 0 Å². The van der Waals surface area contributed by atoms with Crippen molar-refractivity contribution >= 4 is 8.51 Å². The third-order valence-corrected chi connectivity index (χ3v) is 1.16. The maximum absolute atomic E-state index is 4.73. The number of rotatable bonds is 1. The molecule has 0 fully saturated rings. The molecule has 1 rings (SSSR count). The summed E-state index contributed by atoms with van der Waals surface area (Å²) in [7, 11) is 4.73.